The number of carbonyl (C=O) groups is 2. The van der Waals surface area contributed by atoms with Crippen molar-refractivity contribution in [2.24, 2.45) is 11.8 Å². The predicted molar refractivity (Wildman–Crippen MR) is 93.5 cm³/mol. The van der Waals surface area contributed by atoms with Gasteiger partial charge in [-0.15, -0.1) is 0 Å². The molecule has 2 aliphatic rings. The first-order valence-corrected chi connectivity index (χ1v) is 8.55. The van der Waals surface area contributed by atoms with Gasteiger partial charge in [0, 0.05) is 13.1 Å². The Bertz CT molecular complexity index is 816. The van der Waals surface area contributed by atoms with Crippen LogP contribution in [0, 0.1) is 11.8 Å². The average molecular weight is 336 g/mol. The van der Waals surface area contributed by atoms with E-state index in [0.717, 1.165) is 12.0 Å². The van der Waals surface area contributed by atoms with Crippen LogP contribution in [0.3, 0.4) is 0 Å². The van der Waals surface area contributed by atoms with Crippen molar-refractivity contribution < 1.29 is 14.7 Å². The number of carboxylic acids is 1. The number of hydrogen-bond donors (Lipinski definition) is 3. The number of urea groups is 1. The highest BCUT2D eigenvalue weighted by Gasteiger charge is 2.54. The number of rotatable bonds is 5. The molecule has 3 atom stereocenters. The number of nitrogens with one attached hydrogen (secondary N) is 2. The first kappa shape index (κ1) is 15.7. The first-order chi connectivity index (χ1) is 12.1. The maximum atomic E-state index is 12.0. The van der Waals surface area contributed by atoms with Gasteiger partial charge in [0.15, 0.2) is 0 Å². The van der Waals surface area contributed by atoms with Crippen LogP contribution in [0.4, 0.5) is 4.79 Å². The van der Waals surface area contributed by atoms with Gasteiger partial charge in [-0.25, -0.2) is 9.59 Å². The number of benzene rings is 2. The van der Waals surface area contributed by atoms with Crippen molar-refractivity contribution in [1.29, 1.82) is 0 Å². The zero-order chi connectivity index (χ0) is 17.4. The molecule has 0 bridgehead atoms. The minimum absolute atomic E-state index is 0.180. The van der Waals surface area contributed by atoms with Gasteiger partial charge in [-0.05, 0) is 53.0 Å². The highest BCUT2D eigenvalue weighted by molar-refractivity contribution is 5.87. The third kappa shape index (κ3) is 3.09. The minimum Gasteiger partial charge on any atom is -0.478 e. The summed E-state index contributed by atoms with van der Waals surface area (Å²) in [5, 5.41) is 14.6. The molecule has 2 amide bonds. The Morgan fingerprint density at radius 3 is 2.56 bits per heavy atom. The number of carbonyl (C=O) groups excluding carboxylic acids is 1. The fourth-order valence-corrected chi connectivity index (χ4v) is 3.98. The highest BCUT2D eigenvalue weighted by Crippen LogP contribution is 2.60. The van der Waals surface area contributed by atoms with Gasteiger partial charge in [-0.1, -0.05) is 36.4 Å². The fourth-order valence-electron chi connectivity index (χ4n) is 3.98. The van der Waals surface area contributed by atoms with Crippen LogP contribution in [0.2, 0.25) is 0 Å². The molecule has 0 saturated heterocycles. The molecular weight excluding hydrogens is 316 g/mol. The molecule has 0 spiro atoms. The van der Waals surface area contributed by atoms with E-state index < -0.39 is 5.97 Å². The molecule has 0 aromatic heterocycles. The van der Waals surface area contributed by atoms with Gasteiger partial charge in [-0.3, -0.25) is 0 Å². The lowest BCUT2D eigenvalue weighted by Gasteiger charge is -2.10. The van der Waals surface area contributed by atoms with Gasteiger partial charge >= 0.3 is 12.0 Å². The summed E-state index contributed by atoms with van der Waals surface area (Å²) in [7, 11) is 0. The second kappa shape index (κ2) is 6.24. The molecule has 2 aromatic rings. The van der Waals surface area contributed by atoms with E-state index in [1.54, 1.807) is 24.3 Å². The van der Waals surface area contributed by atoms with E-state index in [-0.39, 0.29) is 11.6 Å². The van der Waals surface area contributed by atoms with Crippen molar-refractivity contribution in [2.45, 2.75) is 18.9 Å². The van der Waals surface area contributed by atoms with E-state index in [4.69, 9.17) is 5.11 Å². The zero-order valence-corrected chi connectivity index (χ0v) is 13.7. The summed E-state index contributed by atoms with van der Waals surface area (Å²) in [5.74, 6) is 0.894. The fraction of sp³-hybridized carbons (Fsp3) is 0.300. The summed E-state index contributed by atoms with van der Waals surface area (Å²) in [6.45, 7) is 1.08. The Labute approximate surface area is 146 Å². The molecule has 5 heteroatoms. The van der Waals surface area contributed by atoms with Crippen LogP contribution in [0.25, 0.3) is 0 Å². The lowest BCUT2D eigenvalue weighted by Crippen LogP contribution is -2.36. The molecule has 5 nitrogen and oxygen atoms in total. The van der Waals surface area contributed by atoms with Crippen molar-refractivity contribution in [3.63, 3.8) is 0 Å². The monoisotopic (exact) mass is 336 g/mol. The number of hydrogen-bond acceptors (Lipinski definition) is 2. The molecular formula is C20H20N2O3. The molecule has 4 rings (SSSR count). The number of amides is 2. The molecule has 1 saturated carbocycles. The minimum atomic E-state index is -0.950. The quantitative estimate of drug-likeness (QED) is 0.785. The Morgan fingerprint density at radius 2 is 1.80 bits per heavy atom. The van der Waals surface area contributed by atoms with Gasteiger partial charge in [0.25, 0.3) is 0 Å². The molecule has 3 N–H and O–H groups in total. The van der Waals surface area contributed by atoms with Gasteiger partial charge in [0.05, 0.1) is 5.56 Å². The van der Waals surface area contributed by atoms with Crippen molar-refractivity contribution >= 4 is 12.0 Å². The van der Waals surface area contributed by atoms with E-state index in [1.807, 2.05) is 0 Å². The van der Waals surface area contributed by atoms with Crippen molar-refractivity contribution in [1.82, 2.24) is 10.6 Å². The summed E-state index contributed by atoms with van der Waals surface area (Å²) < 4.78 is 0. The van der Waals surface area contributed by atoms with Gasteiger partial charge in [-0.2, -0.15) is 0 Å². The van der Waals surface area contributed by atoms with Gasteiger partial charge in [0.2, 0.25) is 0 Å². The molecule has 0 aliphatic heterocycles. The summed E-state index contributed by atoms with van der Waals surface area (Å²) in [4.78, 5) is 22.8. The molecule has 25 heavy (non-hydrogen) atoms. The molecule has 2 aliphatic carbocycles. The van der Waals surface area contributed by atoms with Crippen molar-refractivity contribution in [2.75, 3.05) is 6.54 Å². The van der Waals surface area contributed by atoms with E-state index >= 15 is 0 Å². The van der Waals surface area contributed by atoms with Gasteiger partial charge < -0.3 is 15.7 Å². The molecule has 0 radical (unpaired) electrons. The molecule has 0 heterocycles. The topological polar surface area (TPSA) is 78.4 Å². The standard InChI is InChI=1S/C20H20N2O3/c23-19(24)13-7-5-12(6-8-13)10-21-20(25)22-11-17-16-9-14-3-1-2-4-15(14)18(16)17/h1-8,16-18H,9-11H2,(H,23,24)(H2,21,22,25). The van der Waals surface area contributed by atoms with E-state index in [1.165, 1.54) is 11.1 Å². The maximum absolute atomic E-state index is 12.0. The van der Waals surface area contributed by atoms with E-state index in [2.05, 4.69) is 34.9 Å². The third-order valence-corrected chi connectivity index (χ3v) is 5.35. The molecule has 1 fully saturated rings. The molecule has 2 aromatic carbocycles. The summed E-state index contributed by atoms with van der Waals surface area (Å²) in [6.07, 6.45) is 1.13. The largest absolute Gasteiger partial charge is 0.478 e. The Morgan fingerprint density at radius 1 is 1.04 bits per heavy atom. The average Bonchev–Trinajstić information content (AvgIpc) is 3.16. The van der Waals surface area contributed by atoms with Crippen LogP contribution in [0.5, 0.6) is 0 Å². The Kier molecular flexibility index (Phi) is 3.92. The van der Waals surface area contributed by atoms with E-state index in [0.29, 0.717) is 30.8 Å². The number of fused-ring (bicyclic) bond motifs is 3. The van der Waals surface area contributed by atoms with Crippen LogP contribution < -0.4 is 10.6 Å². The van der Waals surface area contributed by atoms with Gasteiger partial charge in [0.1, 0.15) is 0 Å². The molecule has 3 unspecified atom stereocenters. The summed E-state index contributed by atoms with van der Waals surface area (Å²) in [6, 6.07) is 14.9. The third-order valence-electron chi connectivity index (χ3n) is 5.35. The number of carboxylic acid groups (broad SMARTS) is 1. The van der Waals surface area contributed by atoms with Crippen LogP contribution in [-0.4, -0.2) is 23.7 Å². The highest BCUT2D eigenvalue weighted by atomic mass is 16.4. The lowest BCUT2D eigenvalue weighted by molar-refractivity contribution is 0.0697. The first-order valence-electron chi connectivity index (χ1n) is 8.55. The van der Waals surface area contributed by atoms with Crippen molar-refractivity contribution in [3.05, 3.63) is 70.8 Å². The smallest absolute Gasteiger partial charge is 0.335 e. The number of aromatic carboxylic acids is 1. The van der Waals surface area contributed by atoms with E-state index in [9.17, 15) is 9.59 Å². The predicted octanol–water partition coefficient (Wildman–Crippen LogP) is 2.77. The second-order valence-electron chi connectivity index (χ2n) is 6.82. The van der Waals surface area contributed by atoms with Crippen molar-refractivity contribution in [3.8, 4) is 0 Å². The Balaban J connectivity index is 1.23. The van der Waals surface area contributed by atoms with Crippen LogP contribution >= 0.6 is 0 Å². The normalized spacial score (nSPS) is 22.6. The second-order valence-corrected chi connectivity index (χ2v) is 6.82. The van der Waals surface area contributed by atoms with Crippen LogP contribution in [-0.2, 0) is 13.0 Å². The zero-order valence-electron chi connectivity index (χ0n) is 13.7. The summed E-state index contributed by atoms with van der Waals surface area (Å²) >= 11 is 0. The summed E-state index contributed by atoms with van der Waals surface area (Å²) in [5.41, 5.74) is 4.03. The van der Waals surface area contributed by atoms with Crippen LogP contribution in [0.15, 0.2) is 48.5 Å². The molecule has 128 valence electrons. The maximum Gasteiger partial charge on any atom is 0.335 e. The lowest BCUT2D eigenvalue weighted by atomic mass is 10.0. The van der Waals surface area contributed by atoms with Crippen LogP contribution in [0.1, 0.15) is 33.0 Å². The Hall–Kier alpha value is -2.82. The SMILES string of the molecule is O=C(NCc1ccc(C(=O)O)cc1)NCC1C2Cc3ccccc3C12.